The minimum atomic E-state index is -0.646. The summed E-state index contributed by atoms with van der Waals surface area (Å²) < 4.78 is 0. The van der Waals surface area contributed by atoms with Gasteiger partial charge >= 0.3 is 0 Å². The van der Waals surface area contributed by atoms with Gasteiger partial charge in [-0.05, 0) is 43.9 Å². The first-order valence-electron chi connectivity index (χ1n) is 9.97. The molecule has 0 aromatic carbocycles. The minimum absolute atomic E-state index is 0.111. The minimum Gasteiger partial charge on any atom is -0.352 e. The molecule has 0 spiro atoms. The van der Waals surface area contributed by atoms with Gasteiger partial charge in [0.25, 0.3) is 0 Å². The van der Waals surface area contributed by atoms with Crippen molar-refractivity contribution >= 4 is 17.7 Å². The van der Waals surface area contributed by atoms with Crippen molar-refractivity contribution in [2.75, 3.05) is 0 Å². The quantitative estimate of drug-likeness (QED) is 0.629. The molecule has 25 heavy (non-hydrogen) atoms. The van der Waals surface area contributed by atoms with E-state index in [0.717, 1.165) is 38.5 Å². The Morgan fingerprint density at radius 3 is 2.08 bits per heavy atom. The number of rotatable bonds is 4. The number of carbonyl (C=O) groups excluding carboxylic acids is 3. The molecule has 5 nitrogen and oxygen atoms in total. The van der Waals surface area contributed by atoms with Gasteiger partial charge in [-0.1, -0.05) is 38.3 Å². The van der Waals surface area contributed by atoms with Crippen molar-refractivity contribution in [3.8, 4) is 0 Å². The third-order valence-corrected chi connectivity index (χ3v) is 6.75. The maximum absolute atomic E-state index is 13.0. The Hall–Kier alpha value is -1.65. The molecule has 2 saturated carbocycles. The molecule has 2 bridgehead atoms. The number of amides is 3. The Bertz CT molecular complexity index is 576. The van der Waals surface area contributed by atoms with Crippen LogP contribution >= 0.6 is 0 Å². The highest BCUT2D eigenvalue weighted by Gasteiger charge is 2.58. The van der Waals surface area contributed by atoms with Gasteiger partial charge in [-0.15, -0.1) is 0 Å². The molecule has 1 N–H and O–H groups in total. The molecule has 3 amide bonds. The zero-order valence-corrected chi connectivity index (χ0v) is 14.9. The van der Waals surface area contributed by atoms with Crippen molar-refractivity contribution in [3.05, 3.63) is 12.2 Å². The number of nitrogens with zero attached hydrogens (tertiary/aromatic N) is 1. The van der Waals surface area contributed by atoms with Crippen molar-refractivity contribution in [3.63, 3.8) is 0 Å². The van der Waals surface area contributed by atoms with E-state index < -0.39 is 6.04 Å². The molecule has 1 aliphatic heterocycles. The Morgan fingerprint density at radius 1 is 1.04 bits per heavy atom. The maximum atomic E-state index is 13.0. The van der Waals surface area contributed by atoms with E-state index in [9.17, 15) is 14.4 Å². The van der Waals surface area contributed by atoms with Gasteiger partial charge in [-0.3, -0.25) is 19.3 Å². The first-order valence-corrected chi connectivity index (χ1v) is 9.97. The summed E-state index contributed by atoms with van der Waals surface area (Å²) in [7, 11) is 0. The number of hydrogen-bond acceptors (Lipinski definition) is 3. The summed E-state index contributed by atoms with van der Waals surface area (Å²) in [5.74, 6) is -0.472. The van der Waals surface area contributed by atoms with Gasteiger partial charge in [0.05, 0.1) is 11.8 Å². The first kappa shape index (κ1) is 16.8. The summed E-state index contributed by atoms with van der Waals surface area (Å²) in [6.45, 7) is 1.89. The predicted molar refractivity (Wildman–Crippen MR) is 93.3 cm³/mol. The lowest BCUT2D eigenvalue weighted by atomic mass is 9.63. The summed E-state index contributed by atoms with van der Waals surface area (Å²) >= 11 is 0. The Kier molecular flexibility index (Phi) is 4.42. The molecular formula is C20H28N2O3. The second kappa shape index (κ2) is 6.58. The Labute approximate surface area is 149 Å². The van der Waals surface area contributed by atoms with Gasteiger partial charge < -0.3 is 5.32 Å². The van der Waals surface area contributed by atoms with E-state index in [-0.39, 0.29) is 47.4 Å². The zero-order chi connectivity index (χ0) is 17.6. The second-order valence-electron chi connectivity index (χ2n) is 8.16. The van der Waals surface area contributed by atoms with Crippen LogP contribution in [0.15, 0.2) is 12.2 Å². The average Bonchev–Trinajstić information content (AvgIpc) is 2.92. The molecule has 3 fully saturated rings. The third kappa shape index (κ3) is 2.72. The monoisotopic (exact) mass is 344 g/mol. The Morgan fingerprint density at radius 2 is 1.60 bits per heavy atom. The number of nitrogens with one attached hydrogen (secondary N) is 1. The lowest BCUT2D eigenvalue weighted by molar-refractivity contribution is -0.148. The Balaban J connectivity index is 1.52. The van der Waals surface area contributed by atoms with Gasteiger partial charge in [-0.2, -0.15) is 0 Å². The molecule has 0 aromatic rings. The van der Waals surface area contributed by atoms with E-state index in [2.05, 4.69) is 17.5 Å². The lowest BCUT2D eigenvalue weighted by Gasteiger charge is -2.38. The molecule has 136 valence electrons. The van der Waals surface area contributed by atoms with E-state index >= 15 is 0 Å². The van der Waals surface area contributed by atoms with Crippen molar-refractivity contribution in [1.29, 1.82) is 0 Å². The second-order valence-corrected chi connectivity index (χ2v) is 8.16. The highest BCUT2D eigenvalue weighted by Crippen LogP contribution is 2.50. The van der Waals surface area contributed by atoms with E-state index in [4.69, 9.17) is 0 Å². The van der Waals surface area contributed by atoms with Gasteiger partial charge in [0.2, 0.25) is 17.7 Å². The smallest absolute Gasteiger partial charge is 0.243 e. The molecule has 5 aliphatic rings. The lowest BCUT2D eigenvalue weighted by Crippen LogP contribution is -2.52. The summed E-state index contributed by atoms with van der Waals surface area (Å²) in [6.07, 6.45) is 12.2. The largest absolute Gasteiger partial charge is 0.352 e. The number of likely N-dealkylation sites (tertiary alicyclic amines) is 1. The van der Waals surface area contributed by atoms with Gasteiger partial charge in [0.15, 0.2) is 0 Å². The highest BCUT2D eigenvalue weighted by atomic mass is 16.2. The zero-order valence-electron chi connectivity index (χ0n) is 14.9. The fourth-order valence-corrected chi connectivity index (χ4v) is 5.43. The molecular weight excluding hydrogens is 316 g/mol. The van der Waals surface area contributed by atoms with Crippen molar-refractivity contribution in [2.24, 2.45) is 23.7 Å². The molecule has 0 radical (unpaired) electrons. The molecule has 1 saturated heterocycles. The van der Waals surface area contributed by atoms with Crippen LogP contribution in [0.2, 0.25) is 0 Å². The van der Waals surface area contributed by atoms with Gasteiger partial charge in [-0.25, -0.2) is 0 Å². The standard InChI is InChI=1S/C20H28N2O3/c1-2-15(18(23)21-14-6-4-3-5-7-14)22-19(24)16-12-8-9-13(11-10-12)17(16)20(22)25/h8-9,12-17H,2-7,10-11H2,1H3,(H,21,23)/t12-,13-,15-,16-,17+/m0/s1. The molecule has 1 heterocycles. The highest BCUT2D eigenvalue weighted by molar-refractivity contribution is 6.09. The number of fused-ring (bicyclic) bond motifs is 1. The molecule has 5 atom stereocenters. The van der Waals surface area contributed by atoms with E-state index in [1.54, 1.807) is 0 Å². The normalized spacial score (nSPS) is 35.8. The summed E-state index contributed by atoms with van der Waals surface area (Å²) in [5.41, 5.74) is 0. The van der Waals surface area contributed by atoms with Crippen LogP contribution in [-0.4, -0.2) is 34.7 Å². The summed E-state index contributed by atoms with van der Waals surface area (Å²) in [5, 5.41) is 3.11. The van der Waals surface area contributed by atoms with Crippen LogP contribution in [0.3, 0.4) is 0 Å². The van der Waals surface area contributed by atoms with E-state index in [1.165, 1.54) is 11.3 Å². The van der Waals surface area contributed by atoms with Gasteiger partial charge in [0, 0.05) is 6.04 Å². The number of imide groups is 1. The molecule has 0 unspecified atom stereocenters. The van der Waals surface area contributed by atoms with Crippen LogP contribution in [0.25, 0.3) is 0 Å². The van der Waals surface area contributed by atoms with E-state index in [1.807, 2.05) is 6.92 Å². The van der Waals surface area contributed by atoms with Crippen molar-refractivity contribution in [1.82, 2.24) is 10.2 Å². The number of hydrogen-bond donors (Lipinski definition) is 1. The van der Waals surface area contributed by atoms with E-state index in [0.29, 0.717) is 6.42 Å². The van der Waals surface area contributed by atoms with Crippen LogP contribution in [0.4, 0.5) is 0 Å². The fourth-order valence-electron chi connectivity index (χ4n) is 5.43. The third-order valence-electron chi connectivity index (χ3n) is 6.75. The molecule has 4 aliphatic carbocycles. The maximum Gasteiger partial charge on any atom is 0.243 e. The van der Waals surface area contributed by atoms with Crippen LogP contribution < -0.4 is 5.32 Å². The van der Waals surface area contributed by atoms with Crippen molar-refractivity contribution < 1.29 is 14.4 Å². The number of carbonyl (C=O) groups is 3. The van der Waals surface area contributed by atoms with Gasteiger partial charge in [0.1, 0.15) is 6.04 Å². The van der Waals surface area contributed by atoms with Crippen LogP contribution in [0, 0.1) is 23.7 Å². The fraction of sp³-hybridized carbons (Fsp3) is 0.750. The molecule has 5 heteroatoms. The SMILES string of the molecule is CC[C@@H](C(=O)NC1CCCCC1)N1C(=O)[C@@H]2[C@H](C1=O)[C@H]1C=C[C@H]2CC1. The predicted octanol–water partition coefficient (Wildman–Crippen LogP) is 2.41. The van der Waals surface area contributed by atoms with Crippen LogP contribution in [0.5, 0.6) is 0 Å². The topological polar surface area (TPSA) is 66.5 Å². The van der Waals surface area contributed by atoms with Crippen LogP contribution in [0.1, 0.15) is 58.3 Å². The van der Waals surface area contributed by atoms with Crippen LogP contribution in [-0.2, 0) is 14.4 Å². The molecule has 5 rings (SSSR count). The van der Waals surface area contributed by atoms with Crippen molar-refractivity contribution in [2.45, 2.75) is 70.4 Å². The summed E-state index contributed by atoms with van der Waals surface area (Å²) in [4.78, 5) is 40.2. The molecule has 0 aromatic heterocycles. The number of allylic oxidation sites excluding steroid dienone is 2. The summed E-state index contributed by atoms with van der Waals surface area (Å²) in [6, 6.07) is -0.449. The first-order chi connectivity index (χ1) is 12.1. The average molecular weight is 344 g/mol.